The number of carbonyl (C=O) groups excluding carboxylic acids is 1. The first-order valence-electron chi connectivity index (χ1n) is 15.1. The summed E-state index contributed by atoms with van der Waals surface area (Å²) in [5.74, 6) is 2.78. The van der Waals surface area contributed by atoms with Crippen molar-refractivity contribution >= 4 is 5.91 Å². The Morgan fingerprint density at radius 2 is 1.86 bits per heavy atom. The minimum absolute atomic E-state index is 0.0391. The average molecular weight is 502 g/mol. The molecule has 204 valence electrons. The van der Waals surface area contributed by atoms with Gasteiger partial charge in [0.25, 0.3) is 0 Å². The Hall–Kier alpha value is -0.910. The second kappa shape index (κ2) is 9.68. The highest BCUT2D eigenvalue weighted by atomic mass is 16.3. The van der Waals surface area contributed by atoms with Crippen LogP contribution in [-0.2, 0) is 4.79 Å². The van der Waals surface area contributed by atoms with Gasteiger partial charge in [-0.1, -0.05) is 39.3 Å². The fourth-order valence-corrected chi connectivity index (χ4v) is 9.98. The highest BCUT2D eigenvalue weighted by Gasteiger charge is 2.62. The average Bonchev–Trinajstić information content (AvgIpc) is 3.19. The van der Waals surface area contributed by atoms with Gasteiger partial charge in [-0.05, 0) is 111 Å². The predicted molar refractivity (Wildman–Crippen MR) is 142 cm³/mol. The van der Waals surface area contributed by atoms with Gasteiger partial charge in [0.15, 0.2) is 0 Å². The summed E-state index contributed by atoms with van der Waals surface area (Å²) in [4.78, 5) is 15.0. The Morgan fingerprint density at radius 1 is 1.14 bits per heavy atom. The van der Waals surface area contributed by atoms with Gasteiger partial charge in [-0.3, -0.25) is 4.79 Å². The monoisotopic (exact) mass is 501 g/mol. The maximum atomic E-state index is 13.0. The van der Waals surface area contributed by atoms with Crippen LogP contribution in [0.2, 0.25) is 0 Å². The van der Waals surface area contributed by atoms with Crippen molar-refractivity contribution in [2.45, 2.75) is 123 Å². The molecule has 5 heteroatoms. The Labute approximate surface area is 218 Å². The van der Waals surface area contributed by atoms with E-state index in [0.717, 1.165) is 44.9 Å². The zero-order chi connectivity index (χ0) is 25.9. The molecule has 1 saturated heterocycles. The highest BCUT2D eigenvalue weighted by molar-refractivity contribution is 5.76. The molecule has 36 heavy (non-hydrogen) atoms. The molecule has 5 rings (SSSR count). The Balaban J connectivity index is 1.23. The number of aliphatic hydroxyl groups excluding tert-OH is 2. The number of nitrogens with zero attached hydrogens (tertiary/aromatic N) is 1. The summed E-state index contributed by atoms with van der Waals surface area (Å²) in [6.07, 6.45) is 12.7. The summed E-state index contributed by atoms with van der Waals surface area (Å²) in [5.41, 5.74) is 1.00. The van der Waals surface area contributed by atoms with Crippen LogP contribution < -0.4 is 0 Å². The predicted octanol–water partition coefficient (Wildman–Crippen LogP) is 5.08. The highest BCUT2D eigenvalue weighted by Crippen LogP contribution is 2.67. The molecule has 1 heterocycles. The van der Waals surface area contributed by atoms with Crippen molar-refractivity contribution in [3.05, 3.63) is 11.6 Å². The number of rotatable bonds is 5. The summed E-state index contributed by atoms with van der Waals surface area (Å²) in [6, 6.07) is 0. The fraction of sp³-hybridized carbons (Fsp3) is 0.903. The second-order valence-electron chi connectivity index (χ2n) is 14.0. The van der Waals surface area contributed by atoms with Gasteiger partial charge < -0.3 is 20.2 Å². The van der Waals surface area contributed by atoms with E-state index in [1.165, 1.54) is 18.4 Å². The maximum Gasteiger partial charge on any atom is 0.222 e. The van der Waals surface area contributed by atoms with Crippen LogP contribution in [0.5, 0.6) is 0 Å². The van der Waals surface area contributed by atoms with Crippen molar-refractivity contribution < 1.29 is 20.1 Å². The van der Waals surface area contributed by atoms with Crippen molar-refractivity contribution in [1.29, 1.82) is 0 Å². The first-order chi connectivity index (χ1) is 17.0. The van der Waals surface area contributed by atoms with Crippen molar-refractivity contribution in [2.75, 3.05) is 13.1 Å². The van der Waals surface area contributed by atoms with Crippen LogP contribution in [0.3, 0.4) is 0 Å². The van der Waals surface area contributed by atoms with E-state index in [4.69, 9.17) is 0 Å². The molecule has 4 fully saturated rings. The number of fused-ring (bicyclic) bond motifs is 5. The lowest BCUT2D eigenvalue weighted by Gasteiger charge is -2.60. The zero-order valence-electron chi connectivity index (χ0n) is 23.2. The number of hydrogen-bond acceptors (Lipinski definition) is 4. The Morgan fingerprint density at radius 3 is 2.56 bits per heavy atom. The van der Waals surface area contributed by atoms with Gasteiger partial charge in [0, 0.05) is 19.5 Å². The molecule has 5 nitrogen and oxygen atoms in total. The van der Waals surface area contributed by atoms with E-state index in [2.05, 4.69) is 26.8 Å². The molecule has 1 unspecified atom stereocenters. The molecule has 3 N–H and O–H groups in total. The molecule has 0 aromatic rings. The van der Waals surface area contributed by atoms with Crippen LogP contribution in [-0.4, -0.2) is 57.0 Å². The number of aliphatic hydroxyl groups is 3. The van der Waals surface area contributed by atoms with Crippen LogP contribution in [0.25, 0.3) is 0 Å². The molecule has 5 aliphatic rings. The van der Waals surface area contributed by atoms with Crippen molar-refractivity contribution in [1.82, 2.24) is 4.90 Å². The standard InChI is InChI=1S/C31H51NO4/c1-5-31(36)14-16-32(17-15-31)27(35)11-6-20(2)24-9-10-25-23-8-7-21-18-22(33)12-13-29(21,3)28(23)26(34)19-30(24,25)4/h7,20,22-26,28,33-34,36H,5-6,8-19H2,1-4H3/t20?,22-,23-,24+,25-,26-,28+,29-,30+/m0/s1. The molecule has 1 aliphatic heterocycles. The summed E-state index contributed by atoms with van der Waals surface area (Å²) in [6.45, 7) is 10.6. The first-order valence-corrected chi connectivity index (χ1v) is 15.1. The molecular formula is C31H51NO4. The SMILES string of the molecule is CCC1(O)CCN(C(=O)CCC(C)[C@H]2CC[C@H]3[C@@H]4CC=C5C[C@@H](O)CC[C@]5(C)[C@H]4[C@@H](O)C[C@]23C)CC1. The first kappa shape index (κ1) is 26.7. The van der Waals surface area contributed by atoms with Crippen molar-refractivity contribution in [2.24, 2.45) is 40.4 Å². The minimum Gasteiger partial charge on any atom is -0.393 e. The lowest BCUT2D eigenvalue weighted by atomic mass is 9.46. The largest absolute Gasteiger partial charge is 0.393 e. The lowest BCUT2D eigenvalue weighted by Crippen LogP contribution is -2.56. The van der Waals surface area contributed by atoms with E-state index in [0.29, 0.717) is 61.9 Å². The molecule has 3 saturated carbocycles. The number of carbonyl (C=O) groups is 1. The van der Waals surface area contributed by atoms with Crippen LogP contribution >= 0.6 is 0 Å². The van der Waals surface area contributed by atoms with Gasteiger partial charge >= 0.3 is 0 Å². The van der Waals surface area contributed by atoms with Crippen molar-refractivity contribution in [3.8, 4) is 0 Å². The smallest absolute Gasteiger partial charge is 0.222 e. The number of amides is 1. The van der Waals surface area contributed by atoms with Gasteiger partial charge in [0.1, 0.15) is 0 Å². The minimum atomic E-state index is -0.583. The zero-order valence-corrected chi connectivity index (χ0v) is 23.2. The maximum absolute atomic E-state index is 13.0. The molecule has 1 amide bonds. The lowest BCUT2D eigenvalue weighted by molar-refractivity contribution is -0.137. The summed E-state index contributed by atoms with van der Waals surface area (Å²) < 4.78 is 0. The van der Waals surface area contributed by atoms with Crippen LogP contribution in [0, 0.1) is 40.4 Å². The van der Waals surface area contributed by atoms with E-state index < -0.39 is 5.60 Å². The van der Waals surface area contributed by atoms with E-state index >= 15 is 0 Å². The number of allylic oxidation sites excluding steroid dienone is 1. The molecule has 9 atom stereocenters. The van der Waals surface area contributed by atoms with Gasteiger partial charge in [-0.2, -0.15) is 0 Å². The fourth-order valence-electron chi connectivity index (χ4n) is 9.98. The van der Waals surface area contributed by atoms with E-state index in [-0.39, 0.29) is 28.9 Å². The van der Waals surface area contributed by atoms with Crippen LogP contribution in [0.15, 0.2) is 11.6 Å². The Bertz CT molecular complexity index is 863. The van der Waals surface area contributed by atoms with Crippen LogP contribution in [0.1, 0.15) is 105 Å². The third kappa shape index (κ3) is 4.39. The quantitative estimate of drug-likeness (QED) is 0.459. The molecule has 4 aliphatic carbocycles. The molecule has 0 spiro atoms. The number of piperidine rings is 1. The van der Waals surface area contributed by atoms with E-state index in [1.807, 2.05) is 11.8 Å². The Kier molecular flexibility index (Phi) is 7.18. The second-order valence-corrected chi connectivity index (χ2v) is 14.0. The number of likely N-dealkylation sites (tertiary alicyclic amines) is 1. The third-order valence-corrected chi connectivity index (χ3v) is 12.3. The molecule has 0 radical (unpaired) electrons. The van der Waals surface area contributed by atoms with Gasteiger partial charge in [0.2, 0.25) is 5.91 Å². The summed E-state index contributed by atoms with van der Waals surface area (Å²) in [7, 11) is 0. The molecular weight excluding hydrogens is 450 g/mol. The van der Waals surface area contributed by atoms with E-state index in [9.17, 15) is 20.1 Å². The number of hydrogen-bond donors (Lipinski definition) is 3. The van der Waals surface area contributed by atoms with Gasteiger partial charge in [0.05, 0.1) is 17.8 Å². The molecule has 0 bridgehead atoms. The van der Waals surface area contributed by atoms with Crippen molar-refractivity contribution in [3.63, 3.8) is 0 Å². The van der Waals surface area contributed by atoms with Gasteiger partial charge in [-0.15, -0.1) is 0 Å². The third-order valence-electron chi connectivity index (χ3n) is 12.3. The van der Waals surface area contributed by atoms with Crippen LogP contribution in [0.4, 0.5) is 0 Å². The normalized spacial score (nSPS) is 44.8. The summed E-state index contributed by atoms with van der Waals surface area (Å²) in [5, 5.41) is 32.4. The molecule has 0 aromatic carbocycles. The summed E-state index contributed by atoms with van der Waals surface area (Å²) >= 11 is 0. The topological polar surface area (TPSA) is 81.0 Å². The van der Waals surface area contributed by atoms with Gasteiger partial charge in [-0.25, -0.2) is 0 Å². The molecule has 0 aromatic heterocycles. The van der Waals surface area contributed by atoms with E-state index in [1.54, 1.807) is 0 Å².